The maximum Gasteiger partial charge on any atom is 0.238 e. The Morgan fingerprint density at radius 2 is 1.71 bits per heavy atom. The molecule has 0 spiro atoms. The summed E-state index contributed by atoms with van der Waals surface area (Å²) in [5.41, 5.74) is 3.61. The molecule has 2 aromatic carbocycles. The number of hydrogen-bond donors (Lipinski definition) is 1. The quantitative estimate of drug-likeness (QED) is 0.327. The Balaban J connectivity index is 1.51. The van der Waals surface area contributed by atoms with Crippen molar-refractivity contribution in [1.82, 2.24) is 0 Å². The van der Waals surface area contributed by atoms with Gasteiger partial charge in [-0.2, -0.15) is 0 Å². The molecule has 1 fully saturated rings. The summed E-state index contributed by atoms with van der Waals surface area (Å²) < 4.78 is 11.0. The maximum absolute atomic E-state index is 14.0. The fraction of sp³-hybridized carbons (Fsp3) is 0.333. The van der Waals surface area contributed by atoms with Crippen LogP contribution >= 0.6 is 0 Å². The highest BCUT2D eigenvalue weighted by Gasteiger charge is 2.57. The number of Topliss-reactive ketones (excluding diaryl/α,β-unsaturated/α-hetero) is 1. The van der Waals surface area contributed by atoms with E-state index in [9.17, 15) is 24.3 Å². The minimum absolute atomic E-state index is 0.152. The number of carbonyl (C=O) groups is 4. The van der Waals surface area contributed by atoms with Gasteiger partial charge in [0, 0.05) is 40.3 Å². The molecule has 4 aliphatic rings. The van der Waals surface area contributed by atoms with E-state index in [4.69, 9.17) is 9.47 Å². The molecule has 2 amide bonds. The summed E-state index contributed by atoms with van der Waals surface area (Å²) in [5, 5.41) is 11.3. The number of allylic oxidation sites excluding steroid dienone is 6. The molecule has 1 aliphatic heterocycles. The van der Waals surface area contributed by atoms with Crippen LogP contribution in [0.5, 0.6) is 17.2 Å². The van der Waals surface area contributed by atoms with Gasteiger partial charge in [-0.15, -0.1) is 0 Å². The van der Waals surface area contributed by atoms with Gasteiger partial charge in [0.15, 0.2) is 11.6 Å². The number of aromatic hydroxyl groups is 1. The minimum Gasteiger partial charge on any atom is -0.507 e. The van der Waals surface area contributed by atoms with Gasteiger partial charge in [0.05, 0.1) is 31.7 Å². The zero-order valence-electron chi connectivity index (χ0n) is 23.4. The van der Waals surface area contributed by atoms with Gasteiger partial charge in [0.2, 0.25) is 11.8 Å². The molecule has 8 nitrogen and oxygen atoms in total. The minimum atomic E-state index is -0.827. The zero-order chi connectivity index (χ0) is 29.2. The number of ketones is 2. The van der Waals surface area contributed by atoms with Gasteiger partial charge in [-0.25, -0.2) is 0 Å². The summed E-state index contributed by atoms with van der Waals surface area (Å²) in [6.07, 6.45) is 4.56. The lowest BCUT2D eigenvalue weighted by Crippen LogP contribution is -2.40. The van der Waals surface area contributed by atoms with E-state index >= 15 is 0 Å². The first kappa shape index (κ1) is 26.7. The second kappa shape index (κ2) is 9.87. The Morgan fingerprint density at radius 1 is 0.976 bits per heavy atom. The zero-order valence-corrected chi connectivity index (χ0v) is 23.4. The largest absolute Gasteiger partial charge is 0.507 e. The lowest BCUT2D eigenvalue weighted by Gasteiger charge is -2.42. The van der Waals surface area contributed by atoms with Crippen molar-refractivity contribution in [2.24, 2.45) is 17.8 Å². The molecule has 1 N–H and O–H groups in total. The van der Waals surface area contributed by atoms with Crippen molar-refractivity contribution in [2.75, 3.05) is 19.1 Å². The molecule has 210 valence electrons. The molecule has 0 bridgehead atoms. The third-order valence-corrected chi connectivity index (χ3v) is 9.01. The predicted octanol–water partition coefficient (Wildman–Crippen LogP) is 4.61. The van der Waals surface area contributed by atoms with Crippen molar-refractivity contribution in [3.05, 3.63) is 82.0 Å². The Kier molecular flexibility index (Phi) is 6.44. The summed E-state index contributed by atoms with van der Waals surface area (Å²) in [7, 11) is 2.93. The number of benzene rings is 2. The van der Waals surface area contributed by atoms with E-state index < -0.39 is 23.7 Å². The van der Waals surface area contributed by atoms with Gasteiger partial charge in [0.25, 0.3) is 0 Å². The first-order valence-corrected chi connectivity index (χ1v) is 13.8. The number of ether oxygens (including phenoxy) is 2. The molecule has 4 atom stereocenters. The first-order valence-electron chi connectivity index (χ1n) is 13.8. The summed E-state index contributed by atoms with van der Waals surface area (Å²) in [4.78, 5) is 56.0. The Hall–Kier alpha value is -4.46. The van der Waals surface area contributed by atoms with Crippen LogP contribution in [-0.2, 0) is 25.6 Å². The van der Waals surface area contributed by atoms with Crippen LogP contribution in [0.3, 0.4) is 0 Å². The lowest BCUT2D eigenvalue weighted by molar-refractivity contribution is -0.123. The highest BCUT2D eigenvalue weighted by molar-refractivity contribution is 6.25. The van der Waals surface area contributed by atoms with Gasteiger partial charge in [-0.1, -0.05) is 30.7 Å². The van der Waals surface area contributed by atoms with Gasteiger partial charge >= 0.3 is 0 Å². The fourth-order valence-electron chi connectivity index (χ4n) is 6.99. The van der Waals surface area contributed by atoms with Gasteiger partial charge in [-0.05, 0) is 55.9 Å². The van der Waals surface area contributed by atoms with Crippen LogP contribution < -0.4 is 14.4 Å². The number of aryl methyl sites for hydroxylation is 1. The van der Waals surface area contributed by atoms with Crippen molar-refractivity contribution in [2.45, 2.75) is 39.0 Å². The van der Waals surface area contributed by atoms with E-state index in [-0.39, 0.29) is 35.6 Å². The smallest absolute Gasteiger partial charge is 0.238 e. The molecule has 0 aromatic heterocycles. The number of phenolic OH excluding ortho intramolecular Hbond substituents is 1. The van der Waals surface area contributed by atoms with E-state index in [1.165, 1.54) is 31.3 Å². The second-order valence-electron chi connectivity index (χ2n) is 11.0. The Bertz CT molecular complexity index is 1610. The molecule has 0 radical (unpaired) electrons. The molecule has 8 heteroatoms. The summed E-state index contributed by atoms with van der Waals surface area (Å²) in [6, 6.07) is 10.5. The standard InChI is InChI=1S/C33H31NO7/c1-5-17-6-8-18(9-7-17)34-32(38)21-11-10-20-22(27(21)33(34)39)15-23-24(35)12-16(2)31(37)29(23)28(20)30-25(36)13-19(40-3)14-26(30)41-4/h6-10,12-14,21-22,27-28,36H,5,11,15H2,1-4H3. The number of nitrogens with zero attached hydrogens (tertiary/aromatic N) is 1. The van der Waals surface area contributed by atoms with Crippen LogP contribution in [0.1, 0.15) is 43.7 Å². The van der Waals surface area contributed by atoms with E-state index in [1.54, 1.807) is 25.1 Å². The number of carbonyl (C=O) groups excluding carboxylic acids is 4. The molecule has 1 heterocycles. The van der Waals surface area contributed by atoms with Crippen LogP contribution in [0.2, 0.25) is 0 Å². The monoisotopic (exact) mass is 553 g/mol. The Morgan fingerprint density at radius 3 is 2.37 bits per heavy atom. The van der Waals surface area contributed by atoms with Crippen LogP contribution in [0.15, 0.2) is 70.8 Å². The van der Waals surface area contributed by atoms with Gasteiger partial charge < -0.3 is 14.6 Å². The average molecular weight is 554 g/mol. The van der Waals surface area contributed by atoms with Crippen molar-refractivity contribution >= 4 is 29.1 Å². The van der Waals surface area contributed by atoms with Crippen LogP contribution in [0.4, 0.5) is 5.69 Å². The topological polar surface area (TPSA) is 110 Å². The van der Waals surface area contributed by atoms with Crippen LogP contribution in [0, 0.1) is 17.8 Å². The number of amides is 2. The van der Waals surface area contributed by atoms with Crippen molar-refractivity contribution in [3.8, 4) is 17.2 Å². The summed E-state index contributed by atoms with van der Waals surface area (Å²) in [6.45, 7) is 3.64. The lowest BCUT2D eigenvalue weighted by atomic mass is 9.59. The molecule has 2 aromatic rings. The van der Waals surface area contributed by atoms with Crippen molar-refractivity contribution in [1.29, 1.82) is 0 Å². The number of methoxy groups -OCH3 is 2. The highest BCUT2D eigenvalue weighted by atomic mass is 16.5. The average Bonchev–Trinajstić information content (AvgIpc) is 3.24. The fourth-order valence-corrected chi connectivity index (χ4v) is 6.99. The highest BCUT2D eigenvalue weighted by Crippen LogP contribution is 2.58. The predicted molar refractivity (Wildman–Crippen MR) is 151 cm³/mol. The maximum atomic E-state index is 14.0. The number of hydrogen-bond acceptors (Lipinski definition) is 7. The SMILES string of the molecule is CCc1ccc(N2C(=O)C3CC=C4C(c5c(O)cc(OC)cc5OC)C5=C(CC4C3C2=O)C(=O)C=C(C)C5=O)cc1. The third-order valence-electron chi connectivity index (χ3n) is 9.01. The normalized spacial score (nSPS) is 25.4. The van der Waals surface area contributed by atoms with Gasteiger partial charge in [-0.3, -0.25) is 24.1 Å². The first-order chi connectivity index (χ1) is 19.7. The molecule has 6 rings (SSSR count). The third kappa shape index (κ3) is 3.96. The van der Waals surface area contributed by atoms with E-state index in [2.05, 4.69) is 0 Å². The number of fused-ring (bicyclic) bond motifs is 3. The van der Waals surface area contributed by atoms with Gasteiger partial charge in [0.1, 0.15) is 17.2 Å². The number of anilines is 1. The second-order valence-corrected chi connectivity index (χ2v) is 11.0. The molecule has 41 heavy (non-hydrogen) atoms. The van der Waals surface area contributed by atoms with E-state index in [0.29, 0.717) is 45.9 Å². The summed E-state index contributed by atoms with van der Waals surface area (Å²) in [5.74, 6) is -3.26. The molecular weight excluding hydrogens is 522 g/mol. The van der Waals surface area contributed by atoms with Crippen LogP contribution in [0.25, 0.3) is 0 Å². The van der Waals surface area contributed by atoms with Crippen LogP contribution in [-0.4, -0.2) is 42.7 Å². The molecule has 0 saturated carbocycles. The molecule has 1 saturated heterocycles. The number of imide groups is 1. The Labute approximate surface area is 237 Å². The molecular formula is C33H31NO7. The number of phenols is 1. The van der Waals surface area contributed by atoms with Crippen molar-refractivity contribution < 1.29 is 33.8 Å². The summed E-state index contributed by atoms with van der Waals surface area (Å²) >= 11 is 0. The molecule has 3 aliphatic carbocycles. The van der Waals surface area contributed by atoms with E-state index in [1.807, 2.05) is 25.1 Å². The van der Waals surface area contributed by atoms with E-state index in [0.717, 1.165) is 17.6 Å². The van der Waals surface area contributed by atoms with Crippen molar-refractivity contribution in [3.63, 3.8) is 0 Å². The number of rotatable bonds is 5. The molecule has 4 unspecified atom stereocenters.